The van der Waals surface area contributed by atoms with Crippen molar-refractivity contribution in [2.45, 2.75) is 25.4 Å². The van der Waals surface area contributed by atoms with Crippen molar-refractivity contribution in [3.63, 3.8) is 0 Å². The Kier molecular flexibility index (Phi) is 5.15. The van der Waals surface area contributed by atoms with E-state index in [4.69, 9.17) is 11.6 Å². The van der Waals surface area contributed by atoms with Gasteiger partial charge in [-0.05, 0) is 54.7 Å². The third-order valence-electron chi connectivity index (χ3n) is 5.54. The fourth-order valence-electron chi connectivity index (χ4n) is 4.20. The molecule has 2 aromatic rings. The number of carbonyl (C=O) groups is 1. The van der Waals surface area contributed by atoms with E-state index in [9.17, 15) is 13.6 Å². The Morgan fingerprint density at radius 2 is 1.81 bits per heavy atom. The molecule has 0 aliphatic carbocycles. The fourth-order valence-corrected chi connectivity index (χ4v) is 4.32. The number of rotatable bonds is 3. The van der Waals surface area contributed by atoms with Gasteiger partial charge in [0.25, 0.3) is 5.91 Å². The summed E-state index contributed by atoms with van der Waals surface area (Å²) in [5, 5.41) is 0.0226. The summed E-state index contributed by atoms with van der Waals surface area (Å²) in [7, 11) is 0. The standard InChI is InChI=1S/C21H21ClF2N2O/c22-19-8-4-16(9-20(19)24)21(27)26-12-15-3-7-18(26)13-25(11-15)10-14-1-5-17(23)6-2-14/h1-2,4-6,8-9,15,18H,3,7,10-13H2/t15-,18+/m0/s1. The zero-order chi connectivity index (χ0) is 19.0. The average molecular weight is 391 g/mol. The van der Waals surface area contributed by atoms with Gasteiger partial charge in [-0.3, -0.25) is 9.69 Å². The molecule has 3 aliphatic rings. The number of piperidine rings is 1. The number of fused-ring (bicyclic) bond motifs is 4. The number of amides is 1. The number of nitrogens with zero attached hydrogens (tertiary/aromatic N) is 2. The molecule has 3 fully saturated rings. The molecule has 2 atom stereocenters. The molecule has 0 unspecified atom stereocenters. The van der Waals surface area contributed by atoms with Crippen LogP contribution in [0.4, 0.5) is 8.78 Å². The highest BCUT2D eigenvalue weighted by atomic mass is 35.5. The Morgan fingerprint density at radius 3 is 2.56 bits per heavy atom. The first-order valence-electron chi connectivity index (χ1n) is 9.22. The van der Waals surface area contributed by atoms with Crippen molar-refractivity contribution >= 4 is 17.5 Å². The lowest BCUT2D eigenvalue weighted by molar-refractivity contribution is 0.0584. The summed E-state index contributed by atoms with van der Waals surface area (Å²) in [6, 6.07) is 10.9. The third-order valence-corrected chi connectivity index (χ3v) is 5.84. The van der Waals surface area contributed by atoms with Gasteiger partial charge in [0.2, 0.25) is 0 Å². The first-order chi connectivity index (χ1) is 13.0. The second-order valence-corrected chi connectivity index (χ2v) is 7.91. The Hall–Kier alpha value is -1.98. The molecule has 27 heavy (non-hydrogen) atoms. The van der Waals surface area contributed by atoms with Crippen LogP contribution in [-0.4, -0.2) is 41.4 Å². The highest BCUT2D eigenvalue weighted by molar-refractivity contribution is 6.30. The molecule has 5 rings (SSSR count). The van der Waals surface area contributed by atoms with Crippen LogP contribution in [0.15, 0.2) is 42.5 Å². The van der Waals surface area contributed by atoms with Crippen LogP contribution in [0, 0.1) is 17.6 Å². The topological polar surface area (TPSA) is 23.6 Å². The normalized spacial score (nSPS) is 22.7. The molecule has 1 amide bonds. The maximum Gasteiger partial charge on any atom is 0.254 e. The van der Waals surface area contributed by atoms with Gasteiger partial charge in [-0.2, -0.15) is 0 Å². The first-order valence-corrected chi connectivity index (χ1v) is 9.60. The van der Waals surface area contributed by atoms with Crippen LogP contribution in [0.5, 0.6) is 0 Å². The van der Waals surface area contributed by atoms with Crippen LogP contribution in [0.2, 0.25) is 5.02 Å². The molecule has 3 nitrogen and oxygen atoms in total. The molecule has 0 radical (unpaired) electrons. The Labute approximate surface area is 162 Å². The van der Waals surface area contributed by atoms with Crippen molar-refractivity contribution in [3.8, 4) is 0 Å². The van der Waals surface area contributed by atoms with Gasteiger partial charge in [-0.15, -0.1) is 0 Å². The summed E-state index contributed by atoms with van der Waals surface area (Å²) in [4.78, 5) is 17.2. The van der Waals surface area contributed by atoms with Crippen LogP contribution >= 0.6 is 11.6 Å². The minimum Gasteiger partial charge on any atom is -0.334 e. The van der Waals surface area contributed by atoms with E-state index in [1.165, 1.54) is 24.3 Å². The highest BCUT2D eigenvalue weighted by Crippen LogP contribution is 2.30. The van der Waals surface area contributed by atoms with Gasteiger partial charge in [0.05, 0.1) is 5.02 Å². The van der Waals surface area contributed by atoms with Crippen LogP contribution in [-0.2, 0) is 6.54 Å². The molecule has 0 N–H and O–H groups in total. The lowest BCUT2D eigenvalue weighted by Gasteiger charge is -2.36. The smallest absolute Gasteiger partial charge is 0.254 e. The second-order valence-electron chi connectivity index (χ2n) is 7.50. The first kappa shape index (κ1) is 18.4. The lowest BCUT2D eigenvalue weighted by Crippen LogP contribution is -2.47. The molecular formula is C21H21ClF2N2O. The Balaban J connectivity index is 1.49. The van der Waals surface area contributed by atoms with Crippen molar-refractivity contribution in [2.24, 2.45) is 5.92 Å². The predicted molar refractivity (Wildman–Crippen MR) is 101 cm³/mol. The zero-order valence-electron chi connectivity index (χ0n) is 14.9. The molecule has 0 aromatic heterocycles. The summed E-state index contributed by atoms with van der Waals surface area (Å²) >= 11 is 5.74. The van der Waals surface area contributed by atoms with Crippen molar-refractivity contribution in [1.29, 1.82) is 0 Å². The number of hydrogen-bond acceptors (Lipinski definition) is 2. The van der Waals surface area contributed by atoms with E-state index in [-0.39, 0.29) is 22.8 Å². The zero-order valence-corrected chi connectivity index (χ0v) is 15.6. The van der Waals surface area contributed by atoms with Gasteiger partial charge in [-0.25, -0.2) is 8.78 Å². The van der Waals surface area contributed by atoms with Crippen molar-refractivity contribution in [2.75, 3.05) is 19.6 Å². The number of hydrogen-bond donors (Lipinski definition) is 0. The molecule has 2 aromatic carbocycles. The van der Waals surface area contributed by atoms with Crippen LogP contribution in [0.1, 0.15) is 28.8 Å². The maximum absolute atomic E-state index is 13.8. The van der Waals surface area contributed by atoms with E-state index in [0.717, 1.165) is 38.0 Å². The van der Waals surface area contributed by atoms with E-state index < -0.39 is 5.82 Å². The van der Waals surface area contributed by atoms with E-state index in [1.807, 2.05) is 17.0 Å². The predicted octanol–water partition coefficient (Wildman–Crippen LogP) is 4.35. The molecule has 3 saturated heterocycles. The minimum atomic E-state index is -0.569. The van der Waals surface area contributed by atoms with Crippen molar-refractivity contribution in [3.05, 3.63) is 70.2 Å². The molecular weight excluding hydrogens is 370 g/mol. The molecule has 3 aliphatic heterocycles. The quantitative estimate of drug-likeness (QED) is 0.777. The molecule has 0 saturated carbocycles. The minimum absolute atomic E-state index is 0.0226. The van der Waals surface area contributed by atoms with E-state index in [2.05, 4.69) is 4.90 Å². The van der Waals surface area contributed by atoms with E-state index in [0.29, 0.717) is 18.0 Å². The maximum atomic E-state index is 13.8. The molecule has 3 heterocycles. The number of benzene rings is 2. The van der Waals surface area contributed by atoms with Crippen molar-refractivity contribution in [1.82, 2.24) is 9.80 Å². The van der Waals surface area contributed by atoms with Gasteiger partial charge in [0.15, 0.2) is 0 Å². The molecule has 0 spiro atoms. The lowest BCUT2D eigenvalue weighted by atomic mass is 9.94. The summed E-state index contributed by atoms with van der Waals surface area (Å²) in [6.45, 7) is 3.11. The summed E-state index contributed by atoms with van der Waals surface area (Å²) in [5.74, 6) is -0.545. The molecule has 142 valence electrons. The fraction of sp³-hybridized carbons (Fsp3) is 0.381. The van der Waals surface area contributed by atoms with Crippen LogP contribution in [0.3, 0.4) is 0 Å². The monoisotopic (exact) mass is 390 g/mol. The largest absolute Gasteiger partial charge is 0.334 e. The second kappa shape index (κ2) is 7.56. The third kappa shape index (κ3) is 3.99. The van der Waals surface area contributed by atoms with Crippen LogP contribution in [0.25, 0.3) is 0 Å². The van der Waals surface area contributed by atoms with Gasteiger partial charge in [-0.1, -0.05) is 23.7 Å². The van der Waals surface area contributed by atoms with Crippen molar-refractivity contribution < 1.29 is 13.6 Å². The van der Waals surface area contributed by atoms with Crippen LogP contribution < -0.4 is 0 Å². The van der Waals surface area contributed by atoms with Gasteiger partial charge in [0, 0.05) is 37.8 Å². The Morgan fingerprint density at radius 1 is 1.04 bits per heavy atom. The Bertz CT molecular complexity index is 843. The SMILES string of the molecule is O=C(c1ccc(Cl)c(F)c1)N1C[C@H]2CC[C@@H]1CN(Cc1ccc(F)cc1)C2. The van der Waals surface area contributed by atoms with Gasteiger partial charge < -0.3 is 4.90 Å². The summed E-state index contributed by atoms with van der Waals surface area (Å²) in [6.07, 6.45) is 2.04. The molecule has 6 heteroatoms. The highest BCUT2D eigenvalue weighted by Gasteiger charge is 2.37. The number of carbonyl (C=O) groups excluding carboxylic acids is 1. The summed E-state index contributed by atoms with van der Waals surface area (Å²) < 4.78 is 26.9. The van der Waals surface area contributed by atoms with E-state index >= 15 is 0 Å². The number of halogens is 3. The summed E-state index contributed by atoms with van der Waals surface area (Å²) in [5.41, 5.74) is 1.41. The van der Waals surface area contributed by atoms with E-state index in [1.54, 1.807) is 6.07 Å². The molecule has 2 bridgehead atoms. The van der Waals surface area contributed by atoms with Gasteiger partial charge in [0.1, 0.15) is 11.6 Å². The average Bonchev–Trinajstić information content (AvgIpc) is 2.96. The van der Waals surface area contributed by atoms with Gasteiger partial charge >= 0.3 is 0 Å².